The third kappa shape index (κ3) is 4.23. The van der Waals surface area contributed by atoms with Gasteiger partial charge in [0.25, 0.3) is 0 Å². The second-order valence-corrected chi connectivity index (χ2v) is 7.68. The Morgan fingerprint density at radius 1 is 1.35 bits per heavy atom. The lowest BCUT2D eigenvalue weighted by Crippen LogP contribution is -2.34. The predicted molar refractivity (Wildman–Crippen MR) is 89.5 cm³/mol. The van der Waals surface area contributed by atoms with Crippen molar-refractivity contribution in [2.24, 2.45) is 0 Å². The molecule has 1 atom stereocenters. The van der Waals surface area contributed by atoms with E-state index in [0.717, 1.165) is 38.8 Å². The Kier molecular flexibility index (Phi) is 5.64. The Morgan fingerprint density at radius 2 is 2.00 bits per heavy atom. The number of nitrogens with one attached hydrogen (secondary N) is 1. The molecule has 0 aromatic heterocycles. The number of carboxylic acids is 1. The van der Waals surface area contributed by atoms with Gasteiger partial charge in [-0.05, 0) is 44.4 Å². The Labute approximate surface area is 137 Å². The van der Waals surface area contributed by atoms with Gasteiger partial charge in [-0.25, -0.2) is 17.9 Å². The Morgan fingerprint density at radius 3 is 2.57 bits per heavy atom. The minimum absolute atomic E-state index is 0.0172. The zero-order chi connectivity index (χ0) is 17.0. The zero-order valence-corrected chi connectivity index (χ0v) is 14.4. The van der Waals surface area contributed by atoms with Crippen LogP contribution in [0, 0.1) is 0 Å². The molecule has 23 heavy (non-hydrogen) atoms. The van der Waals surface area contributed by atoms with E-state index in [2.05, 4.69) is 4.72 Å². The molecule has 1 aliphatic rings. The van der Waals surface area contributed by atoms with Gasteiger partial charge < -0.3 is 10.0 Å². The van der Waals surface area contributed by atoms with Gasteiger partial charge in [-0.2, -0.15) is 0 Å². The lowest BCUT2D eigenvalue weighted by molar-refractivity contribution is 0.0696. The Hall–Kier alpha value is -1.60. The van der Waals surface area contributed by atoms with Crippen molar-refractivity contribution >= 4 is 21.7 Å². The number of benzene rings is 1. The maximum Gasteiger partial charge on any atom is 0.335 e. The molecule has 0 amide bonds. The lowest BCUT2D eigenvalue weighted by atomic mass is 10.2. The third-order valence-electron chi connectivity index (χ3n) is 4.02. The van der Waals surface area contributed by atoms with Crippen molar-refractivity contribution in [1.29, 1.82) is 0 Å². The number of carbonyl (C=O) groups is 1. The maximum atomic E-state index is 12.7. The molecule has 7 heteroatoms. The van der Waals surface area contributed by atoms with Crippen LogP contribution < -0.4 is 9.62 Å². The maximum absolute atomic E-state index is 12.7. The van der Waals surface area contributed by atoms with Crippen LogP contribution in [0.15, 0.2) is 23.1 Å². The van der Waals surface area contributed by atoms with Crippen LogP contribution in [-0.2, 0) is 10.0 Å². The number of hydrogen-bond donors (Lipinski definition) is 2. The van der Waals surface area contributed by atoms with Gasteiger partial charge >= 0.3 is 5.97 Å². The number of hydrogen-bond acceptors (Lipinski definition) is 4. The normalized spacial score (nSPS) is 16.5. The van der Waals surface area contributed by atoms with Crippen molar-refractivity contribution in [3.8, 4) is 0 Å². The Balaban J connectivity index is 2.43. The van der Waals surface area contributed by atoms with Crippen LogP contribution in [0.4, 0.5) is 5.69 Å². The molecule has 2 rings (SSSR count). The highest BCUT2D eigenvalue weighted by Crippen LogP contribution is 2.29. The predicted octanol–water partition coefficient (Wildman–Crippen LogP) is 2.45. The minimum Gasteiger partial charge on any atom is -0.478 e. The van der Waals surface area contributed by atoms with Gasteiger partial charge in [0.05, 0.1) is 11.3 Å². The highest BCUT2D eigenvalue weighted by atomic mass is 32.2. The van der Waals surface area contributed by atoms with Gasteiger partial charge in [-0.3, -0.25) is 0 Å². The number of anilines is 1. The summed E-state index contributed by atoms with van der Waals surface area (Å²) >= 11 is 0. The van der Waals surface area contributed by atoms with Crippen molar-refractivity contribution < 1.29 is 18.3 Å². The Bertz CT molecular complexity index is 667. The summed E-state index contributed by atoms with van der Waals surface area (Å²) < 4.78 is 28.1. The van der Waals surface area contributed by atoms with Gasteiger partial charge in [0.1, 0.15) is 4.90 Å². The average Bonchev–Trinajstić information content (AvgIpc) is 3.00. The molecule has 0 aliphatic carbocycles. The van der Waals surface area contributed by atoms with Gasteiger partial charge in [0, 0.05) is 19.1 Å². The minimum atomic E-state index is -3.76. The quantitative estimate of drug-likeness (QED) is 0.796. The monoisotopic (exact) mass is 340 g/mol. The first-order valence-electron chi connectivity index (χ1n) is 7.99. The van der Waals surface area contributed by atoms with Gasteiger partial charge in [-0.1, -0.05) is 13.3 Å². The molecule has 6 nitrogen and oxygen atoms in total. The van der Waals surface area contributed by atoms with E-state index in [-0.39, 0.29) is 16.5 Å². The molecule has 1 aromatic rings. The van der Waals surface area contributed by atoms with E-state index in [9.17, 15) is 13.2 Å². The van der Waals surface area contributed by atoms with Crippen LogP contribution in [0.5, 0.6) is 0 Å². The summed E-state index contributed by atoms with van der Waals surface area (Å²) in [5.74, 6) is -1.13. The lowest BCUT2D eigenvalue weighted by Gasteiger charge is -2.23. The number of carboxylic acid groups (broad SMARTS) is 1. The SMILES string of the molecule is CCC[C@@H](C)NS(=O)(=O)c1cc(C(=O)O)ccc1N1CCCC1. The average molecular weight is 340 g/mol. The molecule has 0 saturated carbocycles. The molecule has 1 fully saturated rings. The summed E-state index contributed by atoms with van der Waals surface area (Å²) in [4.78, 5) is 13.3. The van der Waals surface area contributed by atoms with E-state index in [1.165, 1.54) is 12.1 Å². The summed E-state index contributed by atoms with van der Waals surface area (Å²) in [5, 5.41) is 9.17. The van der Waals surface area contributed by atoms with Crippen LogP contribution in [0.25, 0.3) is 0 Å². The first-order chi connectivity index (χ1) is 10.8. The van der Waals surface area contributed by atoms with Crippen LogP contribution in [0.1, 0.15) is 49.9 Å². The van der Waals surface area contributed by atoms with Crippen molar-refractivity contribution in [1.82, 2.24) is 4.72 Å². The fourth-order valence-electron chi connectivity index (χ4n) is 2.90. The van der Waals surface area contributed by atoms with E-state index in [4.69, 9.17) is 5.11 Å². The van der Waals surface area contributed by atoms with E-state index >= 15 is 0 Å². The third-order valence-corrected chi connectivity index (χ3v) is 5.64. The molecule has 0 bridgehead atoms. The topological polar surface area (TPSA) is 86.7 Å². The molecule has 0 spiro atoms. The van der Waals surface area contributed by atoms with Gasteiger partial charge in [0.15, 0.2) is 0 Å². The highest BCUT2D eigenvalue weighted by molar-refractivity contribution is 7.89. The standard InChI is InChI=1S/C16H24N2O4S/c1-3-6-12(2)17-23(21,22)15-11-13(16(19)20)7-8-14(15)18-9-4-5-10-18/h7-8,11-12,17H,3-6,9-10H2,1-2H3,(H,19,20)/t12-/m1/s1. The van der Waals surface area contributed by atoms with Crippen LogP contribution in [0.2, 0.25) is 0 Å². The molecule has 0 unspecified atom stereocenters. The van der Waals surface area contributed by atoms with E-state index in [1.807, 2.05) is 18.7 Å². The highest BCUT2D eigenvalue weighted by Gasteiger charge is 2.26. The van der Waals surface area contributed by atoms with Crippen LogP contribution >= 0.6 is 0 Å². The van der Waals surface area contributed by atoms with E-state index in [0.29, 0.717) is 5.69 Å². The molecule has 1 aliphatic heterocycles. The van der Waals surface area contributed by atoms with Gasteiger partial charge in [-0.15, -0.1) is 0 Å². The summed E-state index contributed by atoms with van der Waals surface area (Å²) in [6.45, 7) is 5.39. The van der Waals surface area contributed by atoms with Crippen molar-refractivity contribution in [3.63, 3.8) is 0 Å². The van der Waals surface area contributed by atoms with E-state index in [1.54, 1.807) is 6.07 Å². The van der Waals surface area contributed by atoms with Crippen LogP contribution in [-0.4, -0.2) is 38.6 Å². The number of nitrogens with zero attached hydrogens (tertiary/aromatic N) is 1. The molecule has 2 N–H and O–H groups in total. The first-order valence-corrected chi connectivity index (χ1v) is 9.48. The molecule has 0 radical (unpaired) electrons. The van der Waals surface area contributed by atoms with Crippen molar-refractivity contribution in [3.05, 3.63) is 23.8 Å². The fraction of sp³-hybridized carbons (Fsp3) is 0.562. The summed E-state index contributed by atoms with van der Waals surface area (Å²) in [6, 6.07) is 4.14. The van der Waals surface area contributed by atoms with Gasteiger partial charge in [0.2, 0.25) is 10.0 Å². The van der Waals surface area contributed by atoms with E-state index < -0.39 is 16.0 Å². The zero-order valence-electron chi connectivity index (χ0n) is 13.6. The fourth-order valence-corrected chi connectivity index (χ4v) is 4.43. The summed E-state index contributed by atoms with van der Waals surface area (Å²) in [5.41, 5.74) is 0.570. The number of sulfonamides is 1. The molecule has 1 saturated heterocycles. The number of aromatic carboxylic acids is 1. The largest absolute Gasteiger partial charge is 0.478 e. The number of rotatable bonds is 7. The molecular weight excluding hydrogens is 316 g/mol. The molecule has 128 valence electrons. The molecule has 1 aromatic carbocycles. The molecule has 1 heterocycles. The smallest absolute Gasteiger partial charge is 0.335 e. The summed E-state index contributed by atoms with van der Waals surface area (Å²) in [7, 11) is -3.76. The van der Waals surface area contributed by atoms with Crippen LogP contribution in [0.3, 0.4) is 0 Å². The molecular formula is C16H24N2O4S. The second kappa shape index (κ2) is 7.31. The first kappa shape index (κ1) is 17.7. The second-order valence-electron chi connectivity index (χ2n) is 5.99. The van der Waals surface area contributed by atoms with Crippen molar-refractivity contribution in [2.75, 3.05) is 18.0 Å². The van der Waals surface area contributed by atoms with Crippen molar-refractivity contribution in [2.45, 2.75) is 50.5 Å². The summed E-state index contributed by atoms with van der Waals surface area (Å²) in [6.07, 6.45) is 3.63.